The Bertz CT molecular complexity index is 918. The third-order valence-electron chi connectivity index (χ3n) is 4.48. The molecule has 0 unspecified atom stereocenters. The first-order chi connectivity index (χ1) is 11.0. The lowest BCUT2D eigenvalue weighted by atomic mass is 10.2. The Labute approximate surface area is 133 Å². The number of imidazole rings is 1. The Morgan fingerprint density at radius 2 is 2.09 bits per heavy atom. The van der Waals surface area contributed by atoms with Gasteiger partial charge in [0.15, 0.2) is 0 Å². The molecule has 0 amide bonds. The largest absolute Gasteiger partial charge is 0.478 e. The van der Waals surface area contributed by atoms with E-state index in [4.69, 9.17) is 0 Å². The summed E-state index contributed by atoms with van der Waals surface area (Å²) in [4.78, 5) is 15.9. The van der Waals surface area contributed by atoms with E-state index in [1.807, 2.05) is 16.7 Å². The number of aromatic nitrogens is 4. The first-order valence-corrected chi connectivity index (χ1v) is 7.78. The molecule has 4 rings (SSSR count). The van der Waals surface area contributed by atoms with Crippen molar-refractivity contribution in [2.75, 3.05) is 0 Å². The van der Waals surface area contributed by atoms with E-state index in [1.54, 1.807) is 18.5 Å². The van der Waals surface area contributed by atoms with Gasteiger partial charge in [0.25, 0.3) is 0 Å². The molecule has 1 fully saturated rings. The zero-order valence-corrected chi connectivity index (χ0v) is 13.2. The molecule has 0 radical (unpaired) electrons. The Kier molecular flexibility index (Phi) is 3.01. The van der Waals surface area contributed by atoms with Gasteiger partial charge in [-0.15, -0.1) is 0 Å². The maximum Gasteiger partial charge on any atom is 0.339 e. The highest BCUT2D eigenvalue weighted by Gasteiger charge is 2.24. The van der Waals surface area contributed by atoms with E-state index < -0.39 is 5.97 Å². The Morgan fingerprint density at radius 3 is 2.74 bits per heavy atom. The molecule has 3 aromatic rings. The van der Waals surface area contributed by atoms with E-state index in [0.717, 1.165) is 11.3 Å². The highest BCUT2D eigenvalue weighted by atomic mass is 16.4. The van der Waals surface area contributed by atoms with Crippen LogP contribution in [-0.4, -0.2) is 30.2 Å². The Balaban J connectivity index is 1.67. The minimum Gasteiger partial charge on any atom is -0.478 e. The van der Waals surface area contributed by atoms with Crippen molar-refractivity contribution >= 4 is 11.6 Å². The predicted molar refractivity (Wildman–Crippen MR) is 84.9 cm³/mol. The fourth-order valence-electron chi connectivity index (χ4n) is 3.11. The van der Waals surface area contributed by atoms with Crippen LogP contribution in [0.15, 0.2) is 24.5 Å². The standard InChI is InChI=1S/C17H18N4O2/c1-10-16(17(22)23)11(2)21(19-10)9-14-8-20-7-13(12-3-4-12)5-6-15(20)18-14/h5-8,12H,3-4,9H2,1-2H3,(H,22,23). The molecule has 3 heterocycles. The first-order valence-electron chi connectivity index (χ1n) is 7.78. The first kappa shape index (κ1) is 14.0. The number of nitrogens with zero attached hydrogens (tertiary/aromatic N) is 4. The molecule has 0 bridgehead atoms. The smallest absolute Gasteiger partial charge is 0.339 e. The topological polar surface area (TPSA) is 72.4 Å². The van der Waals surface area contributed by atoms with Gasteiger partial charge >= 0.3 is 5.97 Å². The van der Waals surface area contributed by atoms with E-state index in [2.05, 4.69) is 22.3 Å². The zero-order valence-electron chi connectivity index (χ0n) is 13.2. The molecule has 1 aliphatic rings. The summed E-state index contributed by atoms with van der Waals surface area (Å²) in [5, 5.41) is 13.6. The maximum atomic E-state index is 11.3. The molecule has 0 spiro atoms. The monoisotopic (exact) mass is 310 g/mol. The van der Waals surface area contributed by atoms with Gasteiger partial charge < -0.3 is 9.51 Å². The second kappa shape index (κ2) is 4.94. The normalized spacial score (nSPS) is 14.5. The van der Waals surface area contributed by atoms with Crippen molar-refractivity contribution in [2.45, 2.75) is 39.2 Å². The Morgan fingerprint density at radius 1 is 1.30 bits per heavy atom. The Hall–Kier alpha value is -2.63. The van der Waals surface area contributed by atoms with E-state index >= 15 is 0 Å². The van der Waals surface area contributed by atoms with Crippen LogP contribution >= 0.6 is 0 Å². The molecule has 0 aliphatic heterocycles. The molecule has 0 saturated heterocycles. The van der Waals surface area contributed by atoms with E-state index in [-0.39, 0.29) is 5.56 Å². The number of rotatable bonds is 4. The lowest BCUT2D eigenvalue weighted by molar-refractivity contribution is 0.0695. The van der Waals surface area contributed by atoms with Gasteiger partial charge in [0.2, 0.25) is 0 Å². The van der Waals surface area contributed by atoms with Gasteiger partial charge in [0, 0.05) is 12.4 Å². The van der Waals surface area contributed by atoms with Gasteiger partial charge in [-0.1, -0.05) is 6.07 Å². The van der Waals surface area contributed by atoms with Crippen LogP contribution < -0.4 is 0 Å². The summed E-state index contributed by atoms with van der Waals surface area (Å²) < 4.78 is 3.76. The van der Waals surface area contributed by atoms with Crippen molar-refractivity contribution in [3.8, 4) is 0 Å². The summed E-state index contributed by atoms with van der Waals surface area (Å²) in [5.74, 6) is -0.227. The number of aryl methyl sites for hydroxylation is 1. The van der Waals surface area contributed by atoms with Crippen LogP contribution in [0, 0.1) is 13.8 Å². The van der Waals surface area contributed by atoms with E-state index in [9.17, 15) is 9.90 Å². The number of pyridine rings is 1. The molecular weight excluding hydrogens is 292 g/mol. The second-order valence-corrected chi connectivity index (χ2v) is 6.24. The van der Waals surface area contributed by atoms with Crippen LogP contribution in [0.5, 0.6) is 0 Å². The maximum absolute atomic E-state index is 11.3. The van der Waals surface area contributed by atoms with Crippen molar-refractivity contribution in [3.63, 3.8) is 0 Å². The van der Waals surface area contributed by atoms with Crippen LogP contribution in [0.4, 0.5) is 0 Å². The predicted octanol–water partition coefficient (Wildman–Crippen LogP) is 2.77. The molecule has 118 valence electrons. The molecule has 0 aromatic carbocycles. The summed E-state index contributed by atoms with van der Waals surface area (Å²) in [6.07, 6.45) is 6.69. The minimum absolute atomic E-state index is 0.282. The summed E-state index contributed by atoms with van der Waals surface area (Å²) >= 11 is 0. The summed E-state index contributed by atoms with van der Waals surface area (Å²) in [7, 11) is 0. The SMILES string of the molecule is Cc1nn(Cc2cn3cc(C4CC4)ccc3n2)c(C)c1C(=O)O. The fourth-order valence-corrected chi connectivity index (χ4v) is 3.11. The summed E-state index contributed by atoms with van der Waals surface area (Å²) in [6.45, 7) is 3.98. The lowest BCUT2D eigenvalue weighted by Gasteiger charge is -2.01. The minimum atomic E-state index is -0.935. The van der Waals surface area contributed by atoms with Crippen LogP contribution in [-0.2, 0) is 6.54 Å². The van der Waals surface area contributed by atoms with E-state index in [0.29, 0.717) is 23.9 Å². The quantitative estimate of drug-likeness (QED) is 0.804. The average molecular weight is 310 g/mol. The van der Waals surface area contributed by atoms with Crippen molar-refractivity contribution in [3.05, 3.63) is 52.7 Å². The van der Waals surface area contributed by atoms with Crippen LogP contribution in [0.3, 0.4) is 0 Å². The second-order valence-electron chi connectivity index (χ2n) is 6.24. The van der Waals surface area contributed by atoms with E-state index in [1.165, 1.54) is 18.4 Å². The number of aromatic carboxylic acids is 1. The third-order valence-corrected chi connectivity index (χ3v) is 4.48. The molecular formula is C17H18N4O2. The molecule has 1 aliphatic carbocycles. The molecule has 23 heavy (non-hydrogen) atoms. The average Bonchev–Trinajstić information content (AvgIpc) is 3.20. The number of carbonyl (C=O) groups is 1. The molecule has 3 aromatic heterocycles. The highest BCUT2D eigenvalue weighted by molar-refractivity contribution is 5.90. The molecule has 1 N–H and O–H groups in total. The summed E-state index contributed by atoms with van der Waals surface area (Å²) in [5.41, 5.74) is 4.62. The number of hydrogen-bond acceptors (Lipinski definition) is 3. The number of hydrogen-bond donors (Lipinski definition) is 1. The molecule has 0 atom stereocenters. The van der Waals surface area contributed by atoms with Crippen LogP contribution in [0.25, 0.3) is 5.65 Å². The number of carboxylic acids is 1. The van der Waals surface area contributed by atoms with Gasteiger partial charge in [-0.2, -0.15) is 5.10 Å². The lowest BCUT2D eigenvalue weighted by Crippen LogP contribution is -2.06. The zero-order chi connectivity index (χ0) is 16.1. The number of fused-ring (bicyclic) bond motifs is 1. The number of carboxylic acid groups (broad SMARTS) is 1. The van der Waals surface area contributed by atoms with Gasteiger partial charge in [-0.05, 0) is 44.2 Å². The molecule has 1 saturated carbocycles. The molecule has 6 nitrogen and oxygen atoms in total. The summed E-state index contributed by atoms with van der Waals surface area (Å²) in [6, 6.07) is 4.19. The fraction of sp³-hybridized carbons (Fsp3) is 0.353. The van der Waals surface area contributed by atoms with Gasteiger partial charge in [0.1, 0.15) is 11.2 Å². The van der Waals surface area contributed by atoms with Gasteiger partial charge in [-0.25, -0.2) is 9.78 Å². The highest BCUT2D eigenvalue weighted by Crippen LogP contribution is 2.39. The van der Waals surface area contributed by atoms with Crippen molar-refractivity contribution in [2.24, 2.45) is 0 Å². The van der Waals surface area contributed by atoms with Gasteiger partial charge in [0.05, 0.1) is 23.6 Å². The molecule has 6 heteroatoms. The van der Waals surface area contributed by atoms with Gasteiger partial charge in [-0.3, -0.25) is 4.68 Å². The third kappa shape index (κ3) is 2.40. The van der Waals surface area contributed by atoms with Crippen LogP contribution in [0.2, 0.25) is 0 Å². The van der Waals surface area contributed by atoms with Crippen LogP contribution in [0.1, 0.15) is 51.8 Å². The van der Waals surface area contributed by atoms with Crippen molar-refractivity contribution in [1.82, 2.24) is 19.2 Å². The van der Waals surface area contributed by atoms with Crippen molar-refractivity contribution in [1.29, 1.82) is 0 Å². The van der Waals surface area contributed by atoms with Crippen molar-refractivity contribution < 1.29 is 9.90 Å².